The average Bonchev–Trinajstić information content (AvgIpc) is 3.38. The Labute approximate surface area is 382 Å². The topological polar surface area (TPSA) is 6.48 Å². The van der Waals surface area contributed by atoms with Gasteiger partial charge in [-0.3, -0.25) is 0 Å². The predicted octanol–water partition coefficient (Wildman–Crippen LogP) is 18.4. The molecule has 0 radical (unpaired) electrons. The van der Waals surface area contributed by atoms with Crippen LogP contribution in [0.2, 0.25) is 0 Å². The Kier molecular flexibility index (Phi) is 8.02. The fourth-order valence-corrected chi connectivity index (χ4v) is 11.0. The van der Waals surface area contributed by atoms with E-state index < -0.39 is 0 Å². The van der Waals surface area contributed by atoms with Crippen molar-refractivity contribution in [1.29, 1.82) is 0 Å². The molecular weight excluding hydrogens is 797 g/mol. The van der Waals surface area contributed by atoms with E-state index >= 15 is 0 Å². The smallest absolute Gasteiger partial charge is 0.0540 e. The Morgan fingerprint density at radius 1 is 0.197 bits per heavy atom. The first-order valence-electron chi connectivity index (χ1n) is 22.8. The second-order valence-corrected chi connectivity index (χ2v) is 17.7. The number of hydrogen-bond acceptors (Lipinski definition) is 2. The molecule has 2 heteroatoms. The van der Waals surface area contributed by atoms with Crippen molar-refractivity contribution < 1.29 is 0 Å². The summed E-state index contributed by atoms with van der Waals surface area (Å²) in [6, 6.07) is 89.7. The van der Waals surface area contributed by atoms with Crippen molar-refractivity contribution in [3.63, 3.8) is 0 Å². The van der Waals surface area contributed by atoms with E-state index in [-0.39, 0.29) is 0 Å². The molecule has 0 saturated carbocycles. The molecule has 0 heterocycles. The zero-order valence-electron chi connectivity index (χ0n) is 36.0. The second-order valence-electron chi connectivity index (χ2n) is 17.7. The van der Waals surface area contributed by atoms with Gasteiger partial charge in [0.2, 0.25) is 0 Å². The van der Waals surface area contributed by atoms with Gasteiger partial charge >= 0.3 is 0 Å². The fraction of sp³-hybridized carbons (Fsp3) is 0. The molecule has 0 fully saturated rings. The molecule has 306 valence electrons. The summed E-state index contributed by atoms with van der Waals surface area (Å²) in [6.45, 7) is 0. The lowest BCUT2D eigenvalue weighted by atomic mass is 9.93. The maximum atomic E-state index is 2.43. The molecule has 0 saturated heterocycles. The van der Waals surface area contributed by atoms with Crippen LogP contribution in [-0.4, -0.2) is 0 Å². The van der Waals surface area contributed by atoms with Gasteiger partial charge in [0.15, 0.2) is 0 Å². The Balaban J connectivity index is 0.879. The Morgan fingerprint density at radius 2 is 0.485 bits per heavy atom. The van der Waals surface area contributed by atoms with Crippen LogP contribution < -0.4 is 9.80 Å². The minimum Gasteiger partial charge on any atom is -0.310 e. The van der Waals surface area contributed by atoms with E-state index in [1.807, 2.05) is 0 Å². The summed E-state index contributed by atoms with van der Waals surface area (Å²) >= 11 is 0. The van der Waals surface area contributed by atoms with Gasteiger partial charge in [0, 0.05) is 33.5 Å². The maximum absolute atomic E-state index is 2.43. The largest absolute Gasteiger partial charge is 0.310 e. The molecule has 0 aliphatic heterocycles. The van der Waals surface area contributed by atoms with Gasteiger partial charge in [0.05, 0.1) is 11.4 Å². The molecule has 66 heavy (non-hydrogen) atoms. The monoisotopic (exact) mass is 836 g/mol. The first-order chi connectivity index (χ1) is 32.7. The predicted molar refractivity (Wildman–Crippen MR) is 284 cm³/mol. The van der Waals surface area contributed by atoms with Gasteiger partial charge in [0.25, 0.3) is 0 Å². The summed E-state index contributed by atoms with van der Waals surface area (Å²) in [6.07, 6.45) is 0. The summed E-state index contributed by atoms with van der Waals surface area (Å²) in [5, 5.41) is 20.3. The summed E-state index contributed by atoms with van der Waals surface area (Å²) in [5.74, 6) is 0. The number of nitrogens with zero attached hydrogens (tertiary/aromatic N) is 2. The number of benzene rings is 14. The van der Waals surface area contributed by atoms with Crippen molar-refractivity contribution in [2.24, 2.45) is 0 Å². The first-order valence-corrected chi connectivity index (χ1v) is 22.8. The number of rotatable bonds is 7. The van der Waals surface area contributed by atoms with E-state index in [0.29, 0.717) is 0 Å². The lowest BCUT2D eigenvalue weighted by Gasteiger charge is -2.28. The van der Waals surface area contributed by atoms with Crippen molar-refractivity contribution >= 4 is 120 Å². The molecule has 0 atom stereocenters. The van der Waals surface area contributed by atoms with Crippen LogP contribution in [0.15, 0.2) is 243 Å². The third-order valence-corrected chi connectivity index (χ3v) is 14.0. The normalized spacial score (nSPS) is 11.9. The van der Waals surface area contributed by atoms with Crippen molar-refractivity contribution in [3.05, 3.63) is 243 Å². The van der Waals surface area contributed by atoms with Gasteiger partial charge in [0.1, 0.15) is 0 Å². The van der Waals surface area contributed by atoms with E-state index in [0.717, 1.165) is 34.1 Å². The summed E-state index contributed by atoms with van der Waals surface area (Å²) in [5.41, 5.74) is 9.12. The molecule has 2 nitrogen and oxygen atoms in total. The molecule has 0 spiro atoms. The third kappa shape index (κ3) is 5.68. The Bertz CT molecular complexity index is 3760. The van der Waals surface area contributed by atoms with Crippen LogP contribution >= 0.6 is 0 Å². The highest BCUT2D eigenvalue weighted by molar-refractivity contribution is 6.25. The van der Waals surface area contributed by atoms with E-state index in [2.05, 4.69) is 252 Å². The van der Waals surface area contributed by atoms with E-state index in [4.69, 9.17) is 0 Å². The highest BCUT2D eigenvalue weighted by Crippen LogP contribution is 2.46. The average molecular weight is 837 g/mol. The SMILES string of the molecule is c1ccc2c(N(c3ccc(-c4ccc(N(c5cc6ccc7cccc8ccc(c5)c6c78)c5cccc6ccccc56)cc4)cc3)c3cc4ccc5cccc6ccc(c3)c4c56)cccc2c1. The lowest BCUT2D eigenvalue weighted by Crippen LogP contribution is -2.11. The molecule has 0 aliphatic rings. The van der Waals surface area contributed by atoms with Crippen LogP contribution in [0.3, 0.4) is 0 Å². The minimum absolute atomic E-state index is 1.11. The van der Waals surface area contributed by atoms with Gasteiger partial charge in [-0.25, -0.2) is 0 Å². The van der Waals surface area contributed by atoms with E-state index in [1.165, 1.54) is 97.3 Å². The number of hydrogen-bond donors (Lipinski definition) is 0. The Morgan fingerprint density at radius 3 is 0.864 bits per heavy atom. The summed E-state index contributed by atoms with van der Waals surface area (Å²) < 4.78 is 0. The zero-order chi connectivity index (χ0) is 43.3. The van der Waals surface area contributed by atoms with Crippen LogP contribution in [0.25, 0.3) is 97.3 Å². The highest BCUT2D eigenvalue weighted by atomic mass is 15.1. The highest BCUT2D eigenvalue weighted by Gasteiger charge is 2.21. The second kappa shape index (κ2) is 14.4. The van der Waals surface area contributed by atoms with Gasteiger partial charge in [-0.05, 0) is 147 Å². The van der Waals surface area contributed by atoms with E-state index in [9.17, 15) is 0 Å². The molecule has 14 aromatic carbocycles. The minimum atomic E-state index is 1.11. The summed E-state index contributed by atoms with van der Waals surface area (Å²) in [4.78, 5) is 4.86. The molecule has 0 bridgehead atoms. The molecule has 14 aromatic rings. The maximum Gasteiger partial charge on any atom is 0.0540 e. The van der Waals surface area contributed by atoms with Crippen molar-refractivity contribution in [2.45, 2.75) is 0 Å². The Hall–Kier alpha value is -8.72. The molecular formula is C64H40N2. The molecule has 0 aromatic heterocycles. The van der Waals surface area contributed by atoms with Crippen LogP contribution in [0, 0.1) is 0 Å². The number of anilines is 6. The van der Waals surface area contributed by atoms with Crippen LogP contribution in [-0.2, 0) is 0 Å². The van der Waals surface area contributed by atoms with Gasteiger partial charge < -0.3 is 9.80 Å². The fourth-order valence-electron chi connectivity index (χ4n) is 11.0. The first kappa shape index (κ1) is 36.7. The van der Waals surface area contributed by atoms with E-state index in [1.54, 1.807) is 0 Å². The third-order valence-electron chi connectivity index (χ3n) is 14.0. The van der Waals surface area contributed by atoms with Gasteiger partial charge in [-0.2, -0.15) is 0 Å². The molecule has 0 unspecified atom stereocenters. The van der Waals surface area contributed by atoms with Crippen molar-refractivity contribution in [1.82, 2.24) is 0 Å². The molecule has 0 amide bonds. The van der Waals surface area contributed by atoms with Crippen LogP contribution in [0.1, 0.15) is 0 Å². The van der Waals surface area contributed by atoms with Gasteiger partial charge in [-0.15, -0.1) is 0 Å². The summed E-state index contributed by atoms with van der Waals surface area (Å²) in [7, 11) is 0. The molecule has 14 rings (SSSR count). The molecule has 0 aliphatic carbocycles. The van der Waals surface area contributed by atoms with Gasteiger partial charge in [-0.1, -0.05) is 182 Å². The van der Waals surface area contributed by atoms with Crippen molar-refractivity contribution in [2.75, 3.05) is 9.80 Å². The quantitative estimate of drug-likeness (QED) is 0.148. The lowest BCUT2D eigenvalue weighted by molar-refractivity contribution is 1.30. The zero-order valence-corrected chi connectivity index (χ0v) is 36.0. The standard InChI is InChI=1S/C64H40N2/c1-3-17-57-43(9-1)11-7-19-59(57)65(55-37-49-25-21-45-13-5-14-46-22-26-50(38-55)63(49)61(45)46)53-33-29-41(30-34-53)42-31-35-54(36-32-42)66(60-20-8-12-44-10-2-4-18-58(44)60)56-39-51-27-23-47-15-6-16-48-24-28-52(40-56)64(51)62(47)48/h1-40H. The van der Waals surface area contributed by atoms with Crippen LogP contribution in [0.5, 0.6) is 0 Å². The number of fused-ring (bicyclic) bond motifs is 2. The molecule has 0 N–H and O–H groups in total. The van der Waals surface area contributed by atoms with Crippen LogP contribution in [0.4, 0.5) is 34.1 Å². The van der Waals surface area contributed by atoms with Crippen molar-refractivity contribution in [3.8, 4) is 11.1 Å².